The first-order valence-electron chi connectivity index (χ1n) is 6.09. The van der Waals surface area contributed by atoms with E-state index < -0.39 is 0 Å². The number of methoxy groups -OCH3 is 1. The van der Waals surface area contributed by atoms with Crippen LogP contribution in [0.15, 0.2) is 34.9 Å². The Hall–Kier alpha value is -1.81. The van der Waals surface area contributed by atoms with E-state index in [1.54, 1.807) is 13.3 Å². The van der Waals surface area contributed by atoms with E-state index >= 15 is 0 Å². The number of hydrogen-bond acceptors (Lipinski definition) is 4. The Morgan fingerprint density at radius 1 is 1.33 bits per heavy atom. The van der Waals surface area contributed by atoms with Crippen molar-refractivity contribution in [3.8, 4) is 5.75 Å². The van der Waals surface area contributed by atoms with Crippen molar-refractivity contribution in [2.24, 2.45) is 5.73 Å². The lowest BCUT2D eigenvalue weighted by Crippen LogP contribution is -1.99. The molecule has 18 heavy (non-hydrogen) atoms. The van der Waals surface area contributed by atoms with Gasteiger partial charge in [0, 0.05) is 12.0 Å². The summed E-state index contributed by atoms with van der Waals surface area (Å²) in [6.45, 7) is 0.669. The predicted molar refractivity (Wildman–Crippen MR) is 69.7 cm³/mol. The second kappa shape index (κ2) is 6.21. The summed E-state index contributed by atoms with van der Waals surface area (Å²) in [6.07, 6.45) is 4.19. The highest BCUT2D eigenvalue weighted by Gasteiger charge is 2.08. The summed E-state index contributed by atoms with van der Waals surface area (Å²) in [5.41, 5.74) is 6.54. The van der Waals surface area contributed by atoms with E-state index in [0.29, 0.717) is 18.9 Å². The van der Waals surface area contributed by atoms with Crippen molar-refractivity contribution in [3.63, 3.8) is 0 Å². The van der Waals surface area contributed by atoms with Crippen LogP contribution in [0.2, 0.25) is 0 Å². The van der Waals surface area contributed by atoms with Crippen LogP contribution in [0.4, 0.5) is 0 Å². The zero-order valence-electron chi connectivity index (χ0n) is 10.6. The third kappa shape index (κ3) is 3.11. The van der Waals surface area contributed by atoms with Crippen molar-refractivity contribution in [1.82, 2.24) is 4.98 Å². The molecule has 0 radical (unpaired) electrons. The van der Waals surface area contributed by atoms with Crippen LogP contribution in [0, 0.1) is 0 Å². The first-order valence-corrected chi connectivity index (χ1v) is 6.09. The Labute approximate surface area is 107 Å². The van der Waals surface area contributed by atoms with Gasteiger partial charge in [0.25, 0.3) is 0 Å². The van der Waals surface area contributed by atoms with Gasteiger partial charge in [-0.05, 0) is 19.0 Å². The molecule has 0 unspecified atom stereocenters. The van der Waals surface area contributed by atoms with E-state index in [9.17, 15) is 0 Å². The predicted octanol–water partition coefficient (Wildman–Crippen LogP) is 2.17. The molecule has 1 aromatic carbocycles. The molecule has 0 fully saturated rings. The van der Waals surface area contributed by atoms with Gasteiger partial charge in [-0.15, -0.1) is 0 Å². The highest BCUT2D eigenvalue weighted by Crippen LogP contribution is 2.21. The normalized spacial score (nSPS) is 10.6. The van der Waals surface area contributed by atoms with Crippen molar-refractivity contribution < 1.29 is 9.15 Å². The van der Waals surface area contributed by atoms with E-state index in [0.717, 1.165) is 29.9 Å². The van der Waals surface area contributed by atoms with Crippen molar-refractivity contribution in [2.45, 2.75) is 19.3 Å². The Morgan fingerprint density at radius 3 is 2.94 bits per heavy atom. The van der Waals surface area contributed by atoms with Crippen LogP contribution < -0.4 is 10.5 Å². The second-order valence-corrected chi connectivity index (χ2v) is 4.10. The Bertz CT molecular complexity index is 494. The molecule has 0 aliphatic carbocycles. The van der Waals surface area contributed by atoms with Gasteiger partial charge in [-0.25, -0.2) is 4.98 Å². The molecule has 1 heterocycles. The molecular formula is C14H18N2O2. The minimum Gasteiger partial charge on any atom is -0.496 e. The first-order chi connectivity index (χ1) is 8.83. The molecule has 96 valence electrons. The Balaban J connectivity index is 2.06. The summed E-state index contributed by atoms with van der Waals surface area (Å²) in [4.78, 5) is 4.28. The van der Waals surface area contributed by atoms with E-state index in [1.165, 1.54) is 0 Å². The van der Waals surface area contributed by atoms with Crippen LogP contribution in [0.1, 0.15) is 23.6 Å². The number of aryl methyl sites for hydroxylation is 1. The highest BCUT2D eigenvalue weighted by atomic mass is 16.5. The first kappa shape index (κ1) is 12.6. The zero-order valence-corrected chi connectivity index (χ0v) is 10.6. The fraction of sp³-hybridized carbons (Fsp3) is 0.357. The smallest absolute Gasteiger partial charge is 0.198 e. The standard InChI is InChI=1S/C14H18N2O2/c1-17-13-7-3-2-5-11(13)9-14-16-10-12(18-14)6-4-8-15/h2-3,5,7,10H,4,6,8-9,15H2,1H3. The van der Waals surface area contributed by atoms with Gasteiger partial charge >= 0.3 is 0 Å². The number of aromatic nitrogens is 1. The van der Waals surface area contributed by atoms with E-state index in [2.05, 4.69) is 4.98 Å². The van der Waals surface area contributed by atoms with Gasteiger partial charge in [0.15, 0.2) is 5.89 Å². The largest absolute Gasteiger partial charge is 0.496 e. The van der Waals surface area contributed by atoms with Crippen LogP contribution in [0.3, 0.4) is 0 Å². The van der Waals surface area contributed by atoms with E-state index in [-0.39, 0.29) is 0 Å². The summed E-state index contributed by atoms with van der Waals surface area (Å²) >= 11 is 0. The summed E-state index contributed by atoms with van der Waals surface area (Å²) in [5.74, 6) is 2.47. The molecule has 0 saturated carbocycles. The molecule has 0 aliphatic heterocycles. The molecular weight excluding hydrogens is 228 g/mol. The number of nitrogens with zero attached hydrogens (tertiary/aromatic N) is 1. The van der Waals surface area contributed by atoms with Gasteiger partial charge < -0.3 is 14.9 Å². The number of oxazole rings is 1. The van der Waals surface area contributed by atoms with Crippen molar-refractivity contribution in [1.29, 1.82) is 0 Å². The Kier molecular flexibility index (Phi) is 4.36. The van der Waals surface area contributed by atoms with Crippen LogP contribution in [0.5, 0.6) is 5.75 Å². The highest BCUT2D eigenvalue weighted by molar-refractivity contribution is 5.34. The lowest BCUT2D eigenvalue weighted by atomic mass is 10.1. The van der Waals surface area contributed by atoms with E-state index in [1.807, 2.05) is 24.3 Å². The minimum absolute atomic E-state index is 0.645. The zero-order chi connectivity index (χ0) is 12.8. The number of para-hydroxylation sites is 1. The summed E-state index contributed by atoms with van der Waals surface area (Å²) < 4.78 is 11.0. The molecule has 0 amide bonds. The maximum atomic E-state index is 5.67. The molecule has 4 nitrogen and oxygen atoms in total. The van der Waals surface area contributed by atoms with Crippen molar-refractivity contribution >= 4 is 0 Å². The van der Waals surface area contributed by atoms with Gasteiger partial charge in [0.2, 0.25) is 0 Å². The lowest BCUT2D eigenvalue weighted by Gasteiger charge is -2.05. The monoisotopic (exact) mass is 246 g/mol. The third-order valence-corrected chi connectivity index (χ3v) is 2.76. The summed E-state index contributed by atoms with van der Waals surface area (Å²) in [5, 5.41) is 0. The topological polar surface area (TPSA) is 61.3 Å². The average molecular weight is 246 g/mol. The fourth-order valence-electron chi connectivity index (χ4n) is 1.83. The van der Waals surface area contributed by atoms with Crippen LogP contribution >= 0.6 is 0 Å². The number of benzene rings is 1. The van der Waals surface area contributed by atoms with Crippen molar-refractivity contribution in [3.05, 3.63) is 47.7 Å². The summed E-state index contributed by atoms with van der Waals surface area (Å²) in [6, 6.07) is 7.89. The fourth-order valence-corrected chi connectivity index (χ4v) is 1.83. The molecule has 2 N–H and O–H groups in total. The van der Waals surface area contributed by atoms with Crippen molar-refractivity contribution in [2.75, 3.05) is 13.7 Å². The maximum absolute atomic E-state index is 5.67. The van der Waals surface area contributed by atoms with Gasteiger partial charge in [0.05, 0.1) is 19.7 Å². The Morgan fingerprint density at radius 2 is 2.17 bits per heavy atom. The number of ether oxygens (including phenoxy) is 1. The molecule has 0 saturated heterocycles. The van der Waals surface area contributed by atoms with Gasteiger partial charge in [-0.1, -0.05) is 18.2 Å². The molecule has 2 aromatic rings. The minimum atomic E-state index is 0.645. The molecule has 1 aromatic heterocycles. The lowest BCUT2D eigenvalue weighted by molar-refractivity contribution is 0.406. The number of nitrogens with two attached hydrogens (primary N) is 1. The molecule has 4 heteroatoms. The third-order valence-electron chi connectivity index (χ3n) is 2.76. The number of hydrogen-bond donors (Lipinski definition) is 1. The quantitative estimate of drug-likeness (QED) is 0.848. The van der Waals surface area contributed by atoms with Gasteiger partial charge in [0.1, 0.15) is 11.5 Å². The molecule has 2 rings (SSSR count). The van der Waals surface area contributed by atoms with Gasteiger partial charge in [-0.3, -0.25) is 0 Å². The van der Waals surface area contributed by atoms with Gasteiger partial charge in [-0.2, -0.15) is 0 Å². The average Bonchev–Trinajstić information content (AvgIpc) is 2.84. The maximum Gasteiger partial charge on any atom is 0.198 e. The van der Waals surface area contributed by atoms with E-state index in [4.69, 9.17) is 14.9 Å². The SMILES string of the molecule is COc1ccccc1Cc1ncc(CCCN)o1. The number of rotatable bonds is 6. The molecule has 0 atom stereocenters. The molecule has 0 bridgehead atoms. The molecule has 0 aliphatic rings. The van der Waals surface area contributed by atoms with Crippen LogP contribution in [-0.4, -0.2) is 18.6 Å². The van der Waals surface area contributed by atoms with Crippen LogP contribution in [-0.2, 0) is 12.8 Å². The molecule has 0 spiro atoms. The van der Waals surface area contributed by atoms with Crippen LogP contribution in [0.25, 0.3) is 0 Å². The second-order valence-electron chi connectivity index (χ2n) is 4.10. The summed E-state index contributed by atoms with van der Waals surface area (Å²) in [7, 11) is 1.67.